The van der Waals surface area contributed by atoms with E-state index in [1.54, 1.807) is 18.4 Å². The molecule has 0 radical (unpaired) electrons. The first-order valence-corrected chi connectivity index (χ1v) is 5.35. The molecule has 0 saturated carbocycles. The molecule has 0 aliphatic heterocycles. The van der Waals surface area contributed by atoms with Gasteiger partial charge in [0, 0.05) is 13.5 Å². The Balaban J connectivity index is 2.63. The second-order valence-electron chi connectivity index (χ2n) is 3.36. The van der Waals surface area contributed by atoms with Gasteiger partial charge in [0.2, 0.25) is 0 Å². The summed E-state index contributed by atoms with van der Waals surface area (Å²) in [5.41, 5.74) is -0.177. The number of alkyl halides is 1. The van der Waals surface area contributed by atoms with Crippen LogP contribution < -0.4 is 0 Å². The van der Waals surface area contributed by atoms with Crippen LogP contribution in [0.15, 0.2) is 0 Å². The molecule has 0 saturated heterocycles. The maximum atomic E-state index is 5.62. The van der Waals surface area contributed by atoms with Crippen LogP contribution in [0.4, 0.5) is 0 Å². The average Bonchev–Trinajstić information content (AvgIpc) is 2.52. The molecule has 0 fully saturated rings. The van der Waals surface area contributed by atoms with E-state index < -0.39 is 0 Å². The van der Waals surface area contributed by atoms with Crippen LogP contribution in [0.25, 0.3) is 0 Å². The van der Waals surface area contributed by atoms with Crippen molar-refractivity contribution >= 4 is 22.9 Å². The Morgan fingerprint density at radius 2 is 2.00 bits per heavy atom. The van der Waals surface area contributed by atoms with E-state index in [1.165, 1.54) is 0 Å². The van der Waals surface area contributed by atoms with Gasteiger partial charge < -0.3 is 4.74 Å². The summed E-state index contributed by atoms with van der Waals surface area (Å²) >= 11 is 7.16. The topological polar surface area (TPSA) is 35.0 Å². The Morgan fingerprint density at radius 3 is 2.46 bits per heavy atom. The number of halogens is 1. The van der Waals surface area contributed by atoms with Crippen LogP contribution in [-0.4, -0.2) is 22.9 Å². The Kier molecular flexibility index (Phi) is 3.64. The second-order valence-corrected chi connectivity index (χ2v) is 4.78. The van der Waals surface area contributed by atoms with E-state index >= 15 is 0 Å². The van der Waals surface area contributed by atoms with Gasteiger partial charge in [-0.25, -0.2) is 0 Å². The number of hydrogen-bond acceptors (Lipinski definition) is 4. The summed E-state index contributed by atoms with van der Waals surface area (Å²) in [6.45, 7) is 4.05. The Hall–Kier alpha value is -0.190. The zero-order valence-corrected chi connectivity index (χ0v) is 9.58. The molecule has 1 aromatic heterocycles. The lowest BCUT2D eigenvalue weighted by Gasteiger charge is -2.20. The number of ether oxygens (including phenoxy) is 1. The Bertz CT molecular complexity index is 275. The van der Waals surface area contributed by atoms with E-state index in [0.717, 1.165) is 16.4 Å². The first-order chi connectivity index (χ1) is 6.07. The molecular formula is C8H13ClN2OS. The zero-order chi connectivity index (χ0) is 9.90. The maximum absolute atomic E-state index is 5.62. The predicted molar refractivity (Wildman–Crippen MR) is 54.3 cm³/mol. The first-order valence-electron chi connectivity index (χ1n) is 4.00. The van der Waals surface area contributed by atoms with Crippen molar-refractivity contribution in [3.05, 3.63) is 10.0 Å². The maximum Gasteiger partial charge on any atom is 0.132 e. The van der Waals surface area contributed by atoms with Crippen LogP contribution in [0.2, 0.25) is 0 Å². The molecule has 0 N–H and O–H groups in total. The lowest BCUT2D eigenvalue weighted by Crippen LogP contribution is -2.25. The molecule has 74 valence electrons. The molecule has 0 aromatic carbocycles. The van der Waals surface area contributed by atoms with Crippen molar-refractivity contribution in [3.63, 3.8) is 0 Å². The number of methoxy groups -OCH3 is 1. The van der Waals surface area contributed by atoms with Gasteiger partial charge in [0.15, 0.2) is 0 Å². The summed E-state index contributed by atoms with van der Waals surface area (Å²) in [6.07, 6.45) is 0.776. The number of hydrogen-bond donors (Lipinski definition) is 0. The minimum absolute atomic E-state index is 0.177. The zero-order valence-electron chi connectivity index (χ0n) is 8.00. The van der Waals surface area contributed by atoms with Crippen molar-refractivity contribution in [3.8, 4) is 0 Å². The van der Waals surface area contributed by atoms with Crippen LogP contribution in [0.3, 0.4) is 0 Å². The van der Waals surface area contributed by atoms with Gasteiger partial charge in [0.05, 0.1) is 11.5 Å². The molecule has 0 atom stereocenters. The smallest absolute Gasteiger partial charge is 0.132 e. The van der Waals surface area contributed by atoms with E-state index in [9.17, 15) is 0 Å². The summed E-state index contributed by atoms with van der Waals surface area (Å²) in [5.74, 6) is 0.436. The van der Waals surface area contributed by atoms with Gasteiger partial charge in [0.1, 0.15) is 10.0 Å². The molecule has 13 heavy (non-hydrogen) atoms. The Labute approximate surface area is 87.1 Å². The average molecular weight is 221 g/mol. The SMILES string of the molecule is COC(C)(C)Cc1nnc(CCl)s1. The van der Waals surface area contributed by atoms with Crippen LogP contribution in [0.5, 0.6) is 0 Å². The van der Waals surface area contributed by atoms with E-state index in [1.807, 2.05) is 13.8 Å². The summed E-state index contributed by atoms with van der Waals surface area (Å²) in [7, 11) is 1.70. The number of rotatable bonds is 4. The van der Waals surface area contributed by atoms with E-state index in [-0.39, 0.29) is 5.60 Å². The van der Waals surface area contributed by atoms with Gasteiger partial charge in [-0.3, -0.25) is 0 Å². The summed E-state index contributed by atoms with van der Waals surface area (Å²) in [6, 6.07) is 0. The second kappa shape index (κ2) is 4.35. The third-order valence-electron chi connectivity index (χ3n) is 1.75. The van der Waals surface area contributed by atoms with Gasteiger partial charge in [0.25, 0.3) is 0 Å². The fourth-order valence-corrected chi connectivity index (χ4v) is 1.98. The molecule has 0 amide bonds. The molecule has 0 unspecified atom stereocenters. The fourth-order valence-electron chi connectivity index (χ4n) is 0.850. The van der Waals surface area contributed by atoms with Crippen LogP contribution in [0.1, 0.15) is 23.9 Å². The van der Waals surface area contributed by atoms with Crippen LogP contribution >= 0.6 is 22.9 Å². The predicted octanol–water partition coefficient (Wildman–Crippen LogP) is 2.24. The van der Waals surface area contributed by atoms with Gasteiger partial charge in [-0.1, -0.05) is 0 Å². The van der Waals surface area contributed by atoms with Crippen LogP contribution in [0, 0.1) is 0 Å². The molecular weight excluding hydrogens is 208 g/mol. The first kappa shape index (κ1) is 10.9. The molecule has 0 spiro atoms. The molecule has 1 heterocycles. The van der Waals surface area contributed by atoms with Crippen molar-refractivity contribution in [2.45, 2.75) is 31.7 Å². The number of aromatic nitrogens is 2. The van der Waals surface area contributed by atoms with Gasteiger partial charge >= 0.3 is 0 Å². The third-order valence-corrected chi connectivity index (χ3v) is 3.09. The third kappa shape index (κ3) is 3.21. The summed E-state index contributed by atoms with van der Waals surface area (Å²) in [5, 5.41) is 9.80. The highest BCUT2D eigenvalue weighted by atomic mass is 35.5. The fraction of sp³-hybridized carbons (Fsp3) is 0.750. The minimum atomic E-state index is -0.177. The van der Waals surface area contributed by atoms with Crippen molar-refractivity contribution in [1.82, 2.24) is 10.2 Å². The molecule has 0 bridgehead atoms. The summed E-state index contributed by atoms with van der Waals surface area (Å²) in [4.78, 5) is 0. The van der Waals surface area contributed by atoms with Crippen LogP contribution in [-0.2, 0) is 17.0 Å². The van der Waals surface area contributed by atoms with Gasteiger partial charge in [-0.15, -0.1) is 33.1 Å². The summed E-state index contributed by atoms with van der Waals surface area (Å²) < 4.78 is 5.29. The molecule has 1 aromatic rings. The van der Waals surface area contributed by atoms with Gasteiger partial charge in [-0.2, -0.15) is 0 Å². The monoisotopic (exact) mass is 220 g/mol. The number of nitrogens with zero attached hydrogens (tertiary/aromatic N) is 2. The molecule has 1 rings (SSSR count). The normalized spacial score (nSPS) is 12.0. The highest BCUT2D eigenvalue weighted by Crippen LogP contribution is 2.19. The van der Waals surface area contributed by atoms with Gasteiger partial charge in [-0.05, 0) is 13.8 Å². The van der Waals surface area contributed by atoms with Crippen molar-refractivity contribution in [1.29, 1.82) is 0 Å². The van der Waals surface area contributed by atoms with Crippen molar-refractivity contribution in [2.75, 3.05) is 7.11 Å². The van der Waals surface area contributed by atoms with E-state index in [0.29, 0.717) is 5.88 Å². The lowest BCUT2D eigenvalue weighted by atomic mass is 10.1. The highest BCUT2D eigenvalue weighted by Gasteiger charge is 2.19. The van der Waals surface area contributed by atoms with Crippen molar-refractivity contribution < 1.29 is 4.74 Å². The Morgan fingerprint density at radius 1 is 1.38 bits per heavy atom. The largest absolute Gasteiger partial charge is 0.378 e. The molecule has 0 aliphatic carbocycles. The molecule has 0 aliphatic rings. The van der Waals surface area contributed by atoms with E-state index in [2.05, 4.69) is 10.2 Å². The molecule has 3 nitrogen and oxygen atoms in total. The quantitative estimate of drug-likeness (QED) is 0.731. The van der Waals surface area contributed by atoms with Crippen molar-refractivity contribution in [2.24, 2.45) is 0 Å². The highest BCUT2D eigenvalue weighted by molar-refractivity contribution is 7.11. The minimum Gasteiger partial charge on any atom is -0.378 e. The molecule has 5 heteroatoms. The van der Waals surface area contributed by atoms with E-state index in [4.69, 9.17) is 16.3 Å². The standard InChI is InChI=1S/C8H13ClN2OS/c1-8(2,12-3)4-6-10-11-7(5-9)13-6/h4-5H2,1-3H3. The lowest BCUT2D eigenvalue weighted by molar-refractivity contribution is 0.0230.